The first kappa shape index (κ1) is 18.1. The molecule has 0 saturated heterocycles. The molecule has 0 bridgehead atoms. The van der Waals surface area contributed by atoms with E-state index in [-0.39, 0.29) is 18.4 Å². The van der Waals surface area contributed by atoms with Crippen LogP contribution in [-0.4, -0.2) is 12.0 Å². The Morgan fingerprint density at radius 3 is 2.87 bits per heavy atom. The van der Waals surface area contributed by atoms with Gasteiger partial charge < -0.3 is 15.1 Å². The summed E-state index contributed by atoms with van der Waals surface area (Å²) in [5.41, 5.74) is 3.15. The predicted molar refractivity (Wildman–Crippen MR) is 100 cm³/mol. The summed E-state index contributed by atoms with van der Waals surface area (Å²) in [7, 11) is 1.96. The summed E-state index contributed by atoms with van der Waals surface area (Å²) in [6.45, 7) is 4.87. The van der Waals surface area contributed by atoms with Gasteiger partial charge in [0.1, 0.15) is 10.9 Å². The molecule has 3 rings (SSSR count). The molecule has 4 nitrogen and oxygen atoms in total. The van der Waals surface area contributed by atoms with Gasteiger partial charge in [0.05, 0.1) is 28.7 Å². The van der Waals surface area contributed by atoms with Crippen LogP contribution in [0.2, 0.25) is 5.15 Å². The molecule has 0 aromatic carbocycles. The normalized spacial score (nSPS) is 12.2. The lowest BCUT2D eigenvalue weighted by atomic mass is 10.1. The van der Waals surface area contributed by atoms with Crippen LogP contribution in [0.5, 0.6) is 0 Å². The van der Waals surface area contributed by atoms with Crippen molar-refractivity contribution in [2.45, 2.75) is 26.4 Å². The number of nitrogens with one attached hydrogen (secondary N) is 2. The topological polar surface area (TPSA) is 50.1 Å². The summed E-state index contributed by atoms with van der Waals surface area (Å²) in [5.74, 6) is 0.887. The van der Waals surface area contributed by atoms with Crippen LogP contribution < -0.4 is 10.6 Å². The summed E-state index contributed by atoms with van der Waals surface area (Å²) in [6.07, 6.45) is 1.67. The molecule has 3 heterocycles. The second kappa shape index (κ2) is 7.53. The maximum atomic E-state index is 6.19. The second-order valence-corrected chi connectivity index (χ2v) is 6.64. The first-order valence-electron chi connectivity index (χ1n) is 7.13. The number of pyridine rings is 1. The molecule has 0 amide bonds. The van der Waals surface area contributed by atoms with Gasteiger partial charge in [0, 0.05) is 17.0 Å². The van der Waals surface area contributed by atoms with E-state index in [9.17, 15) is 0 Å². The Kier molecular flexibility index (Phi) is 5.92. The van der Waals surface area contributed by atoms with Crippen molar-refractivity contribution >= 4 is 51.2 Å². The highest BCUT2D eigenvalue weighted by Gasteiger charge is 2.17. The van der Waals surface area contributed by atoms with Gasteiger partial charge in [-0.25, -0.2) is 4.98 Å². The molecule has 0 fully saturated rings. The summed E-state index contributed by atoms with van der Waals surface area (Å²) < 4.78 is 6.49. The lowest BCUT2D eigenvalue weighted by molar-refractivity contribution is 0.518. The van der Waals surface area contributed by atoms with Crippen molar-refractivity contribution in [1.82, 2.24) is 10.3 Å². The zero-order valence-electron chi connectivity index (χ0n) is 13.1. The highest BCUT2D eigenvalue weighted by molar-refractivity contribution is 7.20. The SMILES string of the molecule is CN[C@@H](C)c1sc2c(NCc3ccco3)cc(Cl)nc2c1C.Cl. The Bertz CT molecular complexity index is 786. The van der Waals surface area contributed by atoms with E-state index in [2.05, 4.69) is 29.5 Å². The zero-order chi connectivity index (χ0) is 15.7. The van der Waals surface area contributed by atoms with Gasteiger partial charge in [-0.1, -0.05) is 11.6 Å². The first-order valence-corrected chi connectivity index (χ1v) is 8.32. The molecule has 0 saturated carbocycles. The number of nitrogens with zero attached hydrogens (tertiary/aromatic N) is 1. The van der Waals surface area contributed by atoms with Crippen LogP contribution in [0.25, 0.3) is 10.2 Å². The largest absolute Gasteiger partial charge is 0.467 e. The molecular weight excluding hydrogens is 353 g/mol. The number of halogens is 2. The van der Waals surface area contributed by atoms with Crippen molar-refractivity contribution in [1.29, 1.82) is 0 Å². The van der Waals surface area contributed by atoms with E-state index >= 15 is 0 Å². The lowest BCUT2D eigenvalue weighted by Gasteiger charge is -2.08. The maximum absolute atomic E-state index is 6.19. The molecule has 0 unspecified atom stereocenters. The summed E-state index contributed by atoms with van der Waals surface area (Å²) in [6, 6.07) is 5.99. The minimum absolute atomic E-state index is 0. The Morgan fingerprint density at radius 2 is 2.22 bits per heavy atom. The third-order valence-electron chi connectivity index (χ3n) is 3.74. The molecule has 0 radical (unpaired) electrons. The van der Waals surface area contributed by atoms with Gasteiger partial charge in [0.2, 0.25) is 0 Å². The summed E-state index contributed by atoms with van der Waals surface area (Å²) in [4.78, 5) is 5.79. The predicted octanol–water partition coefficient (Wildman–Crippen LogP) is 5.17. The molecule has 3 aromatic heterocycles. The number of anilines is 1. The fourth-order valence-electron chi connectivity index (χ4n) is 2.43. The van der Waals surface area contributed by atoms with Gasteiger partial charge >= 0.3 is 0 Å². The van der Waals surface area contributed by atoms with Crippen LogP contribution in [0.3, 0.4) is 0 Å². The monoisotopic (exact) mass is 371 g/mol. The number of hydrogen-bond donors (Lipinski definition) is 2. The van der Waals surface area contributed by atoms with Crippen LogP contribution in [0.15, 0.2) is 28.9 Å². The van der Waals surface area contributed by atoms with Crippen molar-refractivity contribution in [3.05, 3.63) is 45.8 Å². The van der Waals surface area contributed by atoms with Gasteiger partial charge in [0.25, 0.3) is 0 Å². The van der Waals surface area contributed by atoms with Gasteiger partial charge in [-0.3, -0.25) is 0 Å². The number of rotatable bonds is 5. The van der Waals surface area contributed by atoms with E-state index in [1.807, 2.05) is 25.2 Å². The van der Waals surface area contributed by atoms with E-state index in [1.165, 1.54) is 10.4 Å². The minimum atomic E-state index is 0. The average molecular weight is 372 g/mol. The van der Waals surface area contributed by atoms with Crippen LogP contribution >= 0.6 is 35.3 Å². The summed E-state index contributed by atoms with van der Waals surface area (Å²) >= 11 is 7.95. The number of hydrogen-bond acceptors (Lipinski definition) is 5. The Hall–Kier alpha value is -1.27. The fraction of sp³-hybridized carbons (Fsp3) is 0.312. The van der Waals surface area contributed by atoms with Crippen LogP contribution in [0.4, 0.5) is 5.69 Å². The van der Waals surface area contributed by atoms with Crippen molar-refractivity contribution in [2.24, 2.45) is 0 Å². The molecule has 7 heteroatoms. The Balaban J connectivity index is 0.00000192. The van der Waals surface area contributed by atoms with Crippen molar-refractivity contribution in [2.75, 3.05) is 12.4 Å². The van der Waals surface area contributed by atoms with Crippen LogP contribution in [0, 0.1) is 6.92 Å². The maximum Gasteiger partial charge on any atom is 0.131 e. The molecular formula is C16H19Cl2N3OS. The van der Waals surface area contributed by atoms with E-state index < -0.39 is 0 Å². The van der Waals surface area contributed by atoms with Crippen LogP contribution in [0.1, 0.15) is 29.2 Å². The lowest BCUT2D eigenvalue weighted by Crippen LogP contribution is -2.11. The van der Waals surface area contributed by atoms with E-state index in [0.29, 0.717) is 11.7 Å². The third kappa shape index (κ3) is 3.63. The zero-order valence-corrected chi connectivity index (χ0v) is 15.5. The van der Waals surface area contributed by atoms with Gasteiger partial charge in [-0.15, -0.1) is 23.7 Å². The third-order valence-corrected chi connectivity index (χ3v) is 5.43. The number of fused-ring (bicyclic) bond motifs is 1. The highest BCUT2D eigenvalue weighted by Crippen LogP contribution is 2.39. The number of aromatic nitrogens is 1. The van der Waals surface area contributed by atoms with E-state index in [4.69, 9.17) is 16.0 Å². The Labute approximate surface area is 150 Å². The smallest absolute Gasteiger partial charge is 0.131 e. The molecule has 0 spiro atoms. The van der Waals surface area contributed by atoms with Crippen LogP contribution in [-0.2, 0) is 6.54 Å². The molecule has 3 aromatic rings. The molecule has 124 valence electrons. The van der Waals surface area contributed by atoms with Crippen molar-refractivity contribution in [3.8, 4) is 0 Å². The van der Waals surface area contributed by atoms with Gasteiger partial charge in [-0.05, 0) is 38.6 Å². The molecule has 0 aliphatic rings. The number of furan rings is 1. The van der Waals surface area contributed by atoms with Gasteiger partial charge in [0.15, 0.2) is 0 Å². The highest BCUT2D eigenvalue weighted by atomic mass is 35.5. The van der Waals surface area contributed by atoms with Crippen molar-refractivity contribution < 1.29 is 4.42 Å². The molecule has 1 atom stereocenters. The molecule has 2 N–H and O–H groups in total. The standard InChI is InChI=1S/C16H18ClN3OS.ClH/c1-9-14-16(22-15(9)10(2)18-3)12(7-13(17)20-14)19-8-11-5-4-6-21-11;/h4-7,10,18H,8H2,1-3H3,(H,19,20);1H/t10-;/m0./s1. The van der Waals surface area contributed by atoms with Crippen molar-refractivity contribution in [3.63, 3.8) is 0 Å². The average Bonchev–Trinajstić information content (AvgIpc) is 3.13. The summed E-state index contributed by atoms with van der Waals surface area (Å²) in [5, 5.41) is 7.18. The first-order chi connectivity index (χ1) is 10.6. The van der Waals surface area contributed by atoms with E-state index in [0.717, 1.165) is 21.7 Å². The number of thiophene rings is 1. The fourth-order valence-corrected chi connectivity index (χ4v) is 3.93. The molecule has 0 aliphatic carbocycles. The molecule has 23 heavy (non-hydrogen) atoms. The minimum Gasteiger partial charge on any atom is -0.467 e. The second-order valence-electron chi connectivity index (χ2n) is 5.20. The van der Waals surface area contributed by atoms with Gasteiger partial charge in [-0.2, -0.15) is 0 Å². The molecule has 0 aliphatic heterocycles. The quantitative estimate of drug-likeness (QED) is 0.607. The number of aryl methyl sites for hydroxylation is 1. The van der Waals surface area contributed by atoms with E-state index in [1.54, 1.807) is 17.6 Å². The Morgan fingerprint density at radius 1 is 1.43 bits per heavy atom.